The van der Waals surface area contributed by atoms with Gasteiger partial charge in [0.2, 0.25) is 5.91 Å². The molecule has 1 aromatic heterocycles. The van der Waals surface area contributed by atoms with Crippen LogP contribution in [0, 0.1) is 17.3 Å². The highest BCUT2D eigenvalue weighted by molar-refractivity contribution is 6.29. The zero-order valence-corrected chi connectivity index (χ0v) is 18.6. The van der Waals surface area contributed by atoms with Crippen molar-refractivity contribution in [1.82, 2.24) is 14.5 Å². The molecule has 162 valence electrons. The van der Waals surface area contributed by atoms with Crippen LogP contribution in [0.15, 0.2) is 17.2 Å². The lowest BCUT2D eigenvalue weighted by Crippen LogP contribution is -2.61. The molecule has 1 N–H and O–H groups in total. The second kappa shape index (κ2) is 8.76. The molecular weight excluding hydrogens is 390 g/mol. The van der Waals surface area contributed by atoms with Crippen molar-refractivity contribution in [2.75, 3.05) is 13.1 Å². The van der Waals surface area contributed by atoms with Crippen LogP contribution < -0.4 is 5.56 Å². The Labute approximate surface area is 178 Å². The number of aromatic nitrogens is 2. The molecule has 7 heteroatoms. The van der Waals surface area contributed by atoms with Crippen molar-refractivity contribution in [3.8, 4) is 0 Å². The molecule has 29 heavy (non-hydrogen) atoms. The number of rotatable bonds is 5. The van der Waals surface area contributed by atoms with Crippen LogP contribution >= 0.6 is 11.6 Å². The summed E-state index contributed by atoms with van der Waals surface area (Å²) in [6.45, 7) is 7.09. The molecule has 2 fully saturated rings. The minimum Gasteiger partial charge on any atom is -0.387 e. The molecule has 3 rings (SSSR count). The molecule has 2 heterocycles. The molecule has 1 aliphatic heterocycles. The number of carbonyl (C=O) groups excluding carboxylic acids is 1. The Morgan fingerprint density at radius 3 is 2.69 bits per heavy atom. The van der Waals surface area contributed by atoms with Gasteiger partial charge in [-0.2, -0.15) is 0 Å². The Kier molecular flexibility index (Phi) is 6.74. The van der Waals surface area contributed by atoms with Gasteiger partial charge in [-0.3, -0.25) is 9.59 Å². The van der Waals surface area contributed by atoms with Gasteiger partial charge in [0.25, 0.3) is 5.56 Å². The van der Waals surface area contributed by atoms with Gasteiger partial charge < -0.3 is 14.6 Å². The summed E-state index contributed by atoms with van der Waals surface area (Å²) < 4.78 is 1.42. The van der Waals surface area contributed by atoms with E-state index in [0.29, 0.717) is 25.4 Å². The van der Waals surface area contributed by atoms with Gasteiger partial charge in [0.05, 0.1) is 18.3 Å². The smallest absolute Gasteiger partial charge is 0.269 e. The van der Waals surface area contributed by atoms with Gasteiger partial charge >= 0.3 is 0 Å². The van der Waals surface area contributed by atoms with Crippen LogP contribution in [0.3, 0.4) is 0 Å². The zero-order valence-electron chi connectivity index (χ0n) is 17.9. The monoisotopic (exact) mass is 423 g/mol. The fourth-order valence-corrected chi connectivity index (χ4v) is 5.17. The van der Waals surface area contributed by atoms with Crippen LogP contribution in [0.1, 0.15) is 65.7 Å². The van der Waals surface area contributed by atoms with E-state index in [1.165, 1.54) is 49.1 Å². The summed E-state index contributed by atoms with van der Waals surface area (Å²) in [6.07, 6.45) is 10.4. The van der Waals surface area contributed by atoms with Gasteiger partial charge in [0.15, 0.2) is 0 Å². The molecule has 1 aromatic rings. The van der Waals surface area contributed by atoms with E-state index in [9.17, 15) is 14.7 Å². The largest absolute Gasteiger partial charge is 0.387 e. The molecule has 0 bridgehead atoms. The standard InChI is InChI=1S/C22H34ClN3O3/c1-16(11-17-7-5-4-6-8-17)20(28)25-10-9-22(29,21(2,3)14-25)15-26-13-18(23)24-12-19(26)27/h12-13,16-17,29H,4-11,14-15H2,1-3H3. The predicted molar refractivity (Wildman–Crippen MR) is 114 cm³/mol. The van der Waals surface area contributed by atoms with E-state index in [4.69, 9.17) is 11.6 Å². The Balaban J connectivity index is 1.66. The average molecular weight is 424 g/mol. The summed E-state index contributed by atoms with van der Waals surface area (Å²) in [4.78, 5) is 30.9. The number of amides is 1. The maximum Gasteiger partial charge on any atom is 0.269 e. The molecule has 2 unspecified atom stereocenters. The van der Waals surface area contributed by atoms with Crippen LogP contribution in [0.2, 0.25) is 5.15 Å². The highest BCUT2D eigenvalue weighted by Crippen LogP contribution is 2.40. The number of halogens is 1. The van der Waals surface area contributed by atoms with E-state index in [0.717, 1.165) is 6.42 Å². The van der Waals surface area contributed by atoms with Crippen LogP contribution in [0.25, 0.3) is 0 Å². The second-order valence-electron chi connectivity index (χ2n) is 9.74. The van der Waals surface area contributed by atoms with Crippen molar-refractivity contribution < 1.29 is 9.90 Å². The highest BCUT2D eigenvalue weighted by atomic mass is 35.5. The van der Waals surface area contributed by atoms with E-state index in [2.05, 4.69) is 4.98 Å². The van der Waals surface area contributed by atoms with E-state index < -0.39 is 11.0 Å². The molecular formula is C22H34ClN3O3. The third-order valence-electron chi connectivity index (χ3n) is 7.06. The van der Waals surface area contributed by atoms with Gasteiger partial charge in [-0.1, -0.05) is 64.5 Å². The number of hydrogen-bond acceptors (Lipinski definition) is 4. The molecule has 1 aliphatic carbocycles. The fourth-order valence-electron chi connectivity index (χ4n) is 5.00. The van der Waals surface area contributed by atoms with Crippen molar-refractivity contribution in [3.63, 3.8) is 0 Å². The molecule has 6 nitrogen and oxygen atoms in total. The van der Waals surface area contributed by atoms with Crippen LogP contribution in [0.4, 0.5) is 0 Å². The van der Waals surface area contributed by atoms with Gasteiger partial charge in [-0.05, 0) is 18.8 Å². The minimum atomic E-state index is -1.11. The summed E-state index contributed by atoms with van der Waals surface area (Å²) in [5.74, 6) is 0.872. The molecule has 2 aliphatic rings. The summed E-state index contributed by atoms with van der Waals surface area (Å²) >= 11 is 5.93. The first-order valence-electron chi connectivity index (χ1n) is 10.8. The molecule has 1 saturated carbocycles. The van der Waals surface area contributed by atoms with Crippen LogP contribution in [0.5, 0.6) is 0 Å². The van der Waals surface area contributed by atoms with Gasteiger partial charge in [-0.25, -0.2) is 4.98 Å². The van der Waals surface area contributed by atoms with Gasteiger partial charge in [0.1, 0.15) is 5.15 Å². The summed E-state index contributed by atoms with van der Waals surface area (Å²) in [5.41, 5.74) is -1.95. The van der Waals surface area contributed by atoms with Crippen molar-refractivity contribution in [2.45, 2.75) is 77.9 Å². The van der Waals surface area contributed by atoms with Crippen molar-refractivity contribution >= 4 is 17.5 Å². The van der Waals surface area contributed by atoms with E-state index >= 15 is 0 Å². The summed E-state index contributed by atoms with van der Waals surface area (Å²) in [7, 11) is 0. The number of hydrogen-bond donors (Lipinski definition) is 1. The molecule has 1 amide bonds. The Bertz CT molecular complexity index is 788. The third kappa shape index (κ3) is 5.02. The molecule has 1 saturated heterocycles. The predicted octanol–water partition coefficient (Wildman–Crippen LogP) is 3.49. The molecule has 0 radical (unpaired) electrons. The van der Waals surface area contributed by atoms with Crippen molar-refractivity contribution in [1.29, 1.82) is 0 Å². The quantitative estimate of drug-likeness (QED) is 0.786. The van der Waals surface area contributed by atoms with E-state index in [1.807, 2.05) is 25.7 Å². The zero-order chi connectivity index (χ0) is 21.2. The lowest BCUT2D eigenvalue weighted by molar-refractivity contribution is -0.157. The number of aliphatic hydroxyl groups is 1. The Morgan fingerprint density at radius 2 is 2.03 bits per heavy atom. The maximum atomic E-state index is 13.1. The molecule has 0 aromatic carbocycles. The van der Waals surface area contributed by atoms with Crippen molar-refractivity contribution in [3.05, 3.63) is 27.9 Å². The number of carbonyl (C=O) groups is 1. The lowest BCUT2D eigenvalue weighted by Gasteiger charge is -2.51. The van der Waals surface area contributed by atoms with E-state index in [-0.39, 0.29) is 29.1 Å². The first kappa shape index (κ1) is 22.3. The Morgan fingerprint density at radius 1 is 1.34 bits per heavy atom. The maximum absolute atomic E-state index is 13.1. The van der Waals surface area contributed by atoms with Crippen LogP contribution in [-0.4, -0.2) is 44.2 Å². The lowest BCUT2D eigenvalue weighted by atomic mass is 9.69. The summed E-state index contributed by atoms with van der Waals surface area (Å²) in [5, 5.41) is 11.6. The Hall–Kier alpha value is -1.40. The third-order valence-corrected chi connectivity index (χ3v) is 7.26. The SMILES string of the molecule is CC(CC1CCCCC1)C(=O)N1CCC(O)(Cn2cc(Cl)ncc2=O)C(C)(C)C1. The normalized spacial score (nSPS) is 26.3. The minimum absolute atomic E-state index is 0.0155. The first-order valence-corrected chi connectivity index (χ1v) is 11.2. The second-order valence-corrected chi connectivity index (χ2v) is 10.1. The molecule has 2 atom stereocenters. The van der Waals surface area contributed by atoms with E-state index in [1.54, 1.807) is 0 Å². The van der Waals surface area contributed by atoms with Crippen molar-refractivity contribution in [2.24, 2.45) is 17.3 Å². The summed E-state index contributed by atoms with van der Waals surface area (Å²) in [6, 6.07) is 0. The average Bonchev–Trinajstić information content (AvgIpc) is 2.67. The number of piperidine rings is 1. The van der Waals surface area contributed by atoms with Gasteiger partial charge in [-0.15, -0.1) is 0 Å². The molecule has 0 spiro atoms. The van der Waals surface area contributed by atoms with Gasteiger partial charge in [0, 0.05) is 30.6 Å². The highest BCUT2D eigenvalue weighted by Gasteiger charge is 2.49. The number of likely N-dealkylation sites (tertiary alicyclic amines) is 1. The fraction of sp³-hybridized carbons (Fsp3) is 0.773. The first-order chi connectivity index (χ1) is 13.6. The topological polar surface area (TPSA) is 75.4 Å². The van der Waals surface area contributed by atoms with Crippen LogP contribution in [-0.2, 0) is 11.3 Å². The number of nitrogens with zero attached hydrogens (tertiary/aromatic N) is 3.